The Kier molecular flexibility index (Phi) is 5.23. The number of carbonyl (C=O) groups is 2. The number of amides is 1. The van der Waals surface area contributed by atoms with Crippen molar-refractivity contribution < 1.29 is 19.1 Å². The number of hydrazone groups is 1. The highest BCUT2D eigenvalue weighted by atomic mass is 32.1. The van der Waals surface area contributed by atoms with Gasteiger partial charge in [-0.25, -0.2) is 9.40 Å². The van der Waals surface area contributed by atoms with Crippen molar-refractivity contribution >= 4 is 28.9 Å². The standard InChI is InChI=1S/C18H17FN2O3S/c19-14-4-1-3-12(9-14)16-10-15(13-7-8-25-11-13)20-21(16)17(22)5-2-6-18(23)24/h1,3-4,7-9,11,16H,2,5-6,10H2,(H,23,24)/t16-/m1/s1. The van der Waals surface area contributed by atoms with E-state index in [2.05, 4.69) is 5.10 Å². The van der Waals surface area contributed by atoms with Crippen LogP contribution in [-0.4, -0.2) is 27.7 Å². The molecule has 1 N–H and O–H groups in total. The van der Waals surface area contributed by atoms with Gasteiger partial charge >= 0.3 is 5.97 Å². The predicted molar refractivity (Wildman–Crippen MR) is 92.9 cm³/mol. The lowest BCUT2D eigenvalue weighted by Gasteiger charge is -2.22. The molecule has 2 heterocycles. The Balaban J connectivity index is 1.83. The van der Waals surface area contributed by atoms with Crippen molar-refractivity contribution in [2.45, 2.75) is 31.7 Å². The molecule has 0 unspecified atom stereocenters. The van der Waals surface area contributed by atoms with Crippen LogP contribution < -0.4 is 0 Å². The fraction of sp³-hybridized carbons (Fsp3) is 0.278. The van der Waals surface area contributed by atoms with Crippen molar-refractivity contribution in [1.82, 2.24) is 5.01 Å². The van der Waals surface area contributed by atoms with Gasteiger partial charge in [0.2, 0.25) is 5.91 Å². The Morgan fingerprint density at radius 2 is 2.16 bits per heavy atom. The van der Waals surface area contributed by atoms with Crippen LogP contribution in [0.15, 0.2) is 46.2 Å². The van der Waals surface area contributed by atoms with E-state index in [-0.39, 0.29) is 37.0 Å². The summed E-state index contributed by atoms with van der Waals surface area (Å²) in [6, 6.07) is 7.72. The zero-order valence-corrected chi connectivity index (χ0v) is 14.2. The minimum Gasteiger partial charge on any atom is -0.481 e. The summed E-state index contributed by atoms with van der Waals surface area (Å²) in [5.41, 5.74) is 2.41. The zero-order chi connectivity index (χ0) is 17.8. The summed E-state index contributed by atoms with van der Waals surface area (Å²) < 4.78 is 13.6. The molecule has 1 aliphatic rings. The van der Waals surface area contributed by atoms with Crippen molar-refractivity contribution in [2.75, 3.05) is 0 Å². The van der Waals surface area contributed by atoms with E-state index in [1.165, 1.54) is 17.1 Å². The Hall–Kier alpha value is -2.54. The smallest absolute Gasteiger partial charge is 0.303 e. The number of carboxylic acid groups (broad SMARTS) is 1. The molecule has 7 heteroatoms. The van der Waals surface area contributed by atoms with Crippen molar-refractivity contribution in [3.8, 4) is 0 Å². The molecule has 1 atom stereocenters. The van der Waals surface area contributed by atoms with Crippen molar-refractivity contribution in [3.05, 3.63) is 58.0 Å². The monoisotopic (exact) mass is 360 g/mol. The SMILES string of the molecule is O=C(O)CCCC(=O)N1N=C(c2ccsc2)C[C@@H]1c1cccc(F)c1. The van der Waals surface area contributed by atoms with Crippen LogP contribution in [0, 0.1) is 5.82 Å². The Labute approximate surface area is 148 Å². The number of carbonyl (C=O) groups excluding carboxylic acids is 1. The first kappa shape index (κ1) is 17.3. The fourth-order valence-electron chi connectivity index (χ4n) is 2.82. The van der Waals surface area contributed by atoms with E-state index in [9.17, 15) is 14.0 Å². The Morgan fingerprint density at radius 1 is 1.32 bits per heavy atom. The molecule has 0 saturated heterocycles. The maximum Gasteiger partial charge on any atom is 0.303 e. The zero-order valence-electron chi connectivity index (χ0n) is 13.4. The van der Waals surface area contributed by atoms with Crippen molar-refractivity contribution in [2.24, 2.45) is 5.10 Å². The largest absolute Gasteiger partial charge is 0.481 e. The lowest BCUT2D eigenvalue weighted by Crippen LogP contribution is -2.27. The van der Waals surface area contributed by atoms with Crippen LogP contribution in [0.3, 0.4) is 0 Å². The van der Waals surface area contributed by atoms with Gasteiger partial charge < -0.3 is 5.11 Å². The highest BCUT2D eigenvalue weighted by Gasteiger charge is 2.33. The lowest BCUT2D eigenvalue weighted by molar-refractivity contribution is -0.137. The average molecular weight is 360 g/mol. The molecule has 2 aromatic rings. The van der Waals surface area contributed by atoms with E-state index >= 15 is 0 Å². The average Bonchev–Trinajstić information content (AvgIpc) is 3.24. The van der Waals surface area contributed by atoms with Crippen LogP contribution in [0.2, 0.25) is 0 Å². The van der Waals surface area contributed by atoms with Crippen molar-refractivity contribution in [3.63, 3.8) is 0 Å². The van der Waals surface area contributed by atoms with Crippen LogP contribution in [0.4, 0.5) is 4.39 Å². The summed E-state index contributed by atoms with van der Waals surface area (Å²) >= 11 is 1.54. The minimum atomic E-state index is -0.932. The van der Waals surface area contributed by atoms with Crippen LogP contribution >= 0.6 is 11.3 Å². The number of aliphatic carboxylic acids is 1. The van der Waals surface area contributed by atoms with Crippen LogP contribution in [0.1, 0.15) is 42.9 Å². The number of halogens is 1. The summed E-state index contributed by atoms with van der Waals surface area (Å²) in [4.78, 5) is 23.2. The summed E-state index contributed by atoms with van der Waals surface area (Å²) in [6.45, 7) is 0. The van der Waals surface area contributed by atoms with E-state index in [1.807, 2.05) is 16.8 Å². The third kappa shape index (κ3) is 4.11. The first-order valence-electron chi connectivity index (χ1n) is 7.94. The van der Waals surface area contributed by atoms with Gasteiger partial charge in [0.25, 0.3) is 0 Å². The molecule has 1 aromatic heterocycles. The molecule has 0 fully saturated rings. The number of benzene rings is 1. The molecule has 25 heavy (non-hydrogen) atoms. The second-order valence-electron chi connectivity index (χ2n) is 5.82. The summed E-state index contributed by atoms with van der Waals surface area (Å²) in [6.07, 6.45) is 0.790. The second kappa shape index (κ2) is 7.57. The van der Waals surface area contributed by atoms with E-state index in [1.54, 1.807) is 23.5 Å². The minimum absolute atomic E-state index is 0.0642. The van der Waals surface area contributed by atoms with Gasteiger partial charge in [0.15, 0.2) is 0 Å². The van der Waals surface area contributed by atoms with Gasteiger partial charge in [-0.2, -0.15) is 16.4 Å². The molecular formula is C18H17FN2O3S. The maximum absolute atomic E-state index is 13.6. The number of hydrogen-bond acceptors (Lipinski definition) is 4. The molecule has 0 spiro atoms. The number of thiophene rings is 1. The number of nitrogens with zero attached hydrogens (tertiary/aromatic N) is 2. The molecule has 0 aliphatic carbocycles. The van der Waals surface area contributed by atoms with Gasteiger partial charge in [0.05, 0.1) is 11.8 Å². The molecule has 5 nitrogen and oxygen atoms in total. The topological polar surface area (TPSA) is 70.0 Å². The number of hydrogen-bond donors (Lipinski definition) is 1. The molecule has 130 valence electrons. The first-order chi connectivity index (χ1) is 12.0. The molecular weight excluding hydrogens is 343 g/mol. The van der Waals surface area contributed by atoms with Gasteiger partial charge in [-0.3, -0.25) is 9.59 Å². The van der Waals surface area contributed by atoms with Crippen LogP contribution in [0.25, 0.3) is 0 Å². The Bertz CT molecular complexity index is 804. The second-order valence-corrected chi connectivity index (χ2v) is 6.60. The lowest BCUT2D eigenvalue weighted by atomic mass is 9.99. The molecule has 1 aromatic carbocycles. The predicted octanol–water partition coefficient (Wildman–Crippen LogP) is 3.82. The molecule has 1 aliphatic heterocycles. The van der Waals surface area contributed by atoms with Crippen molar-refractivity contribution in [1.29, 1.82) is 0 Å². The maximum atomic E-state index is 13.6. The van der Waals surface area contributed by atoms with Gasteiger partial charge in [0.1, 0.15) is 5.82 Å². The van der Waals surface area contributed by atoms with Crippen LogP contribution in [-0.2, 0) is 9.59 Å². The quantitative estimate of drug-likeness (QED) is 0.851. The molecule has 3 rings (SSSR count). The van der Waals surface area contributed by atoms with E-state index in [4.69, 9.17) is 5.11 Å². The third-order valence-electron chi connectivity index (χ3n) is 4.04. The molecule has 0 bridgehead atoms. The third-order valence-corrected chi connectivity index (χ3v) is 4.72. The van der Waals surface area contributed by atoms with Gasteiger partial charge in [-0.15, -0.1) is 0 Å². The first-order valence-corrected chi connectivity index (χ1v) is 8.88. The van der Waals surface area contributed by atoms with Crippen LogP contribution in [0.5, 0.6) is 0 Å². The van der Waals surface area contributed by atoms with Gasteiger partial charge in [-0.05, 0) is 40.9 Å². The van der Waals surface area contributed by atoms with Gasteiger partial charge in [-0.1, -0.05) is 12.1 Å². The molecule has 1 amide bonds. The molecule has 0 saturated carbocycles. The number of carboxylic acids is 1. The number of rotatable bonds is 6. The Morgan fingerprint density at radius 3 is 2.84 bits per heavy atom. The molecule has 0 radical (unpaired) electrons. The fourth-order valence-corrected chi connectivity index (χ4v) is 3.49. The highest BCUT2D eigenvalue weighted by Crippen LogP contribution is 2.34. The van der Waals surface area contributed by atoms with E-state index in [0.717, 1.165) is 11.3 Å². The van der Waals surface area contributed by atoms with E-state index in [0.29, 0.717) is 12.0 Å². The summed E-state index contributed by atoms with van der Waals surface area (Å²) in [5, 5.41) is 18.5. The van der Waals surface area contributed by atoms with Gasteiger partial charge in [0, 0.05) is 24.8 Å². The normalized spacial score (nSPS) is 16.8. The summed E-state index contributed by atoms with van der Waals surface area (Å²) in [7, 11) is 0. The van der Waals surface area contributed by atoms with E-state index < -0.39 is 5.97 Å². The summed E-state index contributed by atoms with van der Waals surface area (Å²) in [5.74, 6) is -1.54. The highest BCUT2D eigenvalue weighted by molar-refractivity contribution is 7.08.